The highest BCUT2D eigenvalue weighted by molar-refractivity contribution is 7.98. The second kappa shape index (κ2) is 8.32. The lowest BCUT2D eigenvalue weighted by atomic mass is 9.79. The number of fused-ring (bicyclic) bond motifs is 2. The molecule has 0 aliphatic carbocycles. The van der Waals surface area contributed by atoms with E-state index in [1.54, 1.807) is 31.0 Å². The number of methoxy groups -OCH3 is 1. The predicted octanol–water partition coefficient (Wildman–Crippen LogP) is 3.52. The first-order chi connectivity index (χ1) is 14.5. The molecule has 7 heteroatoms. The number of amides is 2. The van der Waals surface area contributed by atoms with Gasteiger partial charge in [-0.05, 0) is 62.1 Å². The number of hydrogen-bond donors (Lipinski definition) is 3. The molecular formula is C23H27N3O3S. The van der Waals surface area contributed by atoms with Gasteiger partial charge in [-0.15, -0.1) is 0 Å². The van der Waals surface area contributed by atoms with Gasteiger partial charge in [0.25, 0.3) is 0 Å². The van der Waals surface area contributed by atoms with Crippen molar-refractivity contribution in [1.82, 2.24) is 5.32 Å². The second-order valence-corrected chi connectivity index (χ2v) is 8.93. The number of carbonyl (C=O) groups is 2. The molecule has 0 aromatic heterocycles. The van der Waals surface area contributed by atoms with E-state index in [9.17, 15) is 9.59 Å². The minimum Gasteiger partial charge on any atom is -0.497 e. The zero-order chi connectivity index (χ0) is 21.3. The summed E-state index contributed by atoms with van der Waals surface area (Å²) in [4.78, 5) is 26.7. The smallest absolute Gasteiger partial charge is 0.250 e. The van der Waals surface area contributed by atoms with Gasteiger partial charge in [0.1, 0.15) is 11.3 Å². The molecule has 2 aliphatic heterocycles. The fourth-order valence-electron chi connectivity index (χ4n) is 4.53. The summed E-state index contributed by atoms with van der Waals surface area (Å²) in [6.45, 7) is 2.00. The van der Waals surface area contributed by atoms with Gasteiger partial charge in [0, 0.05) is 23.0 Å². The molecule has 3 N–H and O–H groups in total. The Morgan fingerprint density at radius 3 is 2.73 bits per heavy atom. The zero-order valence-electron chi connectivity index (χ0n) is 17.5. The predicted molar refractivity (Wildman–Crippen MR) is 121 cm³/mol. The summed E-state index contributed by atoms with van der Waals surface area (Å²) in [6, 6.07) is 13.2. The normalized spacial score (nSPS) is 24.6. The van der Waals surface area contributed by atoms with Crippen LogP contribution in [0.25, 0.3) is 0 Å². The minimum absolute atomic E-state index is 0.0984. The van der Waals surface area contributed by atoms with E-state index < -0.39 is 11.5 Å². The first-order valence-corrected chi connectivity index (χ1v) is 11.5. The van der Waals surface area contributed by atoms with Crippen LogP contribution in [0.4, 0.5) is 11.4 Å². The van der Waals surface area contributed by atoms with Gasteiger partial charge in [-0.1, -0.05) is 17.7 Å². The number of hydrogen-bond acceptors (Lipinski definition) is 5. The van der Waals surface area contributed by atoms with Crippen LogP contribution in [-0.4, -0.2) is 37.0 Å². The molecule has 2 aliphatic rings. The van der Waals surface area contributed by atoms with Gasteiger partial charge in [-0.25, -0.2) is 0 Å². The Morgan fingerprint density at radius 1 is 1.27 bits per heavy atom. The number of aryl methyl sites for hydroxylation is 1. The van der Waals surface area contributed by atoms with Crippen molar-refractivity contribution < 1.29 is 14.3 Å². The molecule has 2 aromatic rings. The molecule has 6 nitrogen and oxygen atoms in total. The Morgan fingerprint density at radius 2 is 2.03 bits per heavy atom. The topological polar surface area (TPSA) is 79.5 Å². The van der Waals surface area contributed by atoms with E-state index in [0.717, 1.165) is 34.7 Å². The Bertz CT molecular complexity index is 963. The number of carbonyl (C=O) groups excluding carboxylic acids is 2. The Labute approximate surface area is 181 Å². The summed E-state index contributed by atoms with van der Waals surface area (Å²) in [5.74, 6) is 0.898. The lowest BCUT2D eigenvalue weighted by Crippen LogP contribution is -2.52. The summed E-state index contributed by atoms with van der Waals surface area (Å²) in [7, 11) is 1.61. The first-order valence-electron chi connectivity index (χ1n) is 10.1. The molecule has 158 valence electrons. The van der Waals surface area contributed by atoms with Crippen molar-refractivity contribution in [2.45, 2.75) is 31.3 Å². The largest absolute Gasteiger partial charge is 0.497 e. The monoisotopic (exact) mass is 425 g/mol. The molecule has 0 unspecified atom stereocenters. The molecule has 30 heavy (non-hydrogen) atoms. The third-order valence-electron chi connectivity index (χ3n) is 6.03. The third kappa shape index (κ3) is 3.56. The van der Waals surface area contributed by atoms with Gasteiger partial charge in [0.15, 0.2) is 0 Å². The standard InChI is InChI=1S/C23H27N3O3S/c1-14-4-9-20-18(12-14)23(22(28)25-20)19(13-16(26-23)10-11-30-3)21(27)24-15-5-7-17(29-2)8-6-15/h4-9,12,16,19,26H,10-11,13H2,1-3H3,(H,24,27)(H,25,28)/t16-,19+,23-/m0/s1. The lowest BCUT2D eigenvalue weighted by Gasteiger charge is -2.29. The number of benzene rings is 2. The molecule has 4 rings (SSSR count). The highest BCUT2D eigenvalue weighted by Gasteiger charge is 2.59. The van der Waals surface area contributed by atoms with Gasteiger partial charge in [-0.3, -0.25) is 14.9 Å². The van der Waals surface area contributed by atoms with E-state index in [2.05, 4.69) is 22.2 Å². The molecule has 2 aromatic carbocycles. The van der Waals surface area contributed by atoms with E-state index in [-0.39, 0.29) is 17.9 Å². The molecule has 0 radical (unpaired) electrons. The Balaban J connectivity index is 1.68. The maximum atomic E-state index is 13.4. The van der Waals surface area contributed by atoms with Crippen molar-refractivity contribution in [3.05, 3.63) is 53.6 Å². The van der Waals surface area contributed by atoms with Crippen molar-refractivity contribution in [3.63, 3.8) is 0 Å². The van der Waals surface area contributed by atoms with Crippen LogP contribution in [0.5, 0.6) is 5.75 Å². The summed E-state index contributed by atoms with van der Waals surface area (Å²) in [6.07, 6.45) is 3.59. The van der Waals surface area contributed by atoms with Gasteiger partial charge < -0.3 is 15.4 Å². The number of thioether (sulfide) groups is 1. The van der Waals surface area contributed by atoms with E-state index in [4.69, 9.17) is 4.74 Å². The quantitative estimate of drug-likeness (QED) is 0.660. The van der Waals surface area contributed by atoms with Gasteiger partial charge in [0.2, 0.25) is 11.8 Å². The second-order valence-electron chi connectivity index (χ2n) is 7.94. The number of ether oxygens (including phenoxy) is 1. The van der Waals surface area contributed by atoms with E-state index in [1.165, 1.54) is 0 Å². The third-order valence-corrected chi connectivity index (χ3v) is 6.67. The summed E-state index contributed by atoms with van der Waals surface area (Å²) in [5.41, 5.74) is 2.36. The summed E-state index contributed by atoms with van der Waals surface area (Å²) >= 11 is 1.77. The van der Waals surface area contributed by atoms with Crippen LogP contribution in [0, 0.1) is 12.8 Å². The van der Waals surface area contributed by atoms with Crippen LogP contribution < -0.4 is 20.7 Å². The van der Waals surface area contributed by atoms with Crippen molar-refractivity contribution in [1.29, 1.82) is 0 Å². The Hall–Kier alpha value is -2.51. The molecular weight excluding hydrogens is 398 g/mol. The van der Waals surface area contributed by atoms with Crippen molar-refractivity contribution in [3.8, 4) is 5.75 Å². The van der Waals surface area contributed by atoms with Crippen LogP contribution >= 0.6 is 11.8 Å². The molecule has 3 atom stereocenters. The van der Waals surface area contributed by atoms with Crippen LogP contribution in [0.2, 0.25) is 0 Å². The van der Waals surface area contributed by atoms with Gasteiger partial charge in [0.05, 0.1) is 13.0 Å². The maximum Gasteiger partial charge on any atom is 0.250 e. The molecule has 2 amide bonds. The highest BCUT2D eigenvalue weighted by atomic mass is 32.2. The van der Waals surface area contributed by atoms with E-state index in [1.807, 2.05) is 37.3 Å². The van der Waals surface area contributed by atoms with E-state index in [0.29, 0.717) is 12.1 Å². The SMILES string of the molecule is COc1ccc(NC(=O)[C@H]2C[C@H](CCSC)N[C@]23C(=O)Nc2ccc(C)cc23)cc1. The number of anilines is 2. The lowest BCUT2D eigenvalue weighted by molar-refractivity contribution is -0.130. The highest BCUT2D eigenvalue weighted by Crippen LogP contribution is 2.48. The van der Waals surface area contributed by atoms with Gasteiger partial charge in [-0.2, -0.15) is 11.8 Å². The summed E-state index contributed by atoms with van der Waals surface area (Å²) < 4.78 is 5.19. The summed E-state index contributed by atoms with van der Waals surface area (Å²) in [5, 5.41) is 9.57. The molecule has 1 saturated heterocycles. The van der Waals surface area contributed by atoms with Gasteiger partial charge >= 0.3 is 0 Å². The fraction of sp³-hybridized carbons (Fsp3) is 0.391. The van der Waals surface area contributed by atoms with Crippen molar-refractivity contribution in [2.24, 2.45) is 5.92 Å². The fourth-order valence-corrected chi connectivity index (χ4v) is 5.05. The van der Waals surface area contributed by atoms with Crippen LogP contribution in [0.15, 0.2) is 42.5 Å². The van der Waals surface area contributed by atoms with E-state index >= 15 is 0 Å². The van der Waals surface area contributed by atoms with Crippen LogP contribution in [0.3, 0.4) is 0 Å². The van der Waals surface area contributed by atoms with Crippen LogP contribution in [0.1, 0.15) is 24.0 Å². The molecule has 1 fully saturated rings. The first kappa shape index (κ1) is 20.8. The van der Waals surface area contributed by atoms with Crippen molar-refractivity contribution >= 4 is 35.0 Å². The van der Waals surface area contributed by atoms with Crippen LogP contribution in [-0.2, 0) is 15.1 Å². The molecule has 0 saturated carbocycles. The average molecular weight is 426 g/mol. The molecule has 0 bridgehead atoms. The Kier molecular flexibility index (Phi) is 5.75. The zero-order valence-corrected chi connectivity index (χ0v) is 18.3. The average Bonchev–Trinajstić information content (AvgIpc) is 3.26. The molecule has 1 spiro atoms. The molecule has 2 heterocycles. The number of nitrogens with one attached hydrogen (secondary N) is 3. The number of rotatable bonds is 6. The van der Waals surface area contributed by atoms with Crippen molar-refractivity contribution in [2.75, 3.05) is 29.8 Å². The minimum atomic E-state index is -1.04. The maximum absolute atomic E-state index is 13.4.